The number of hydrogen-bond donors (Lipinski definition) is 2. The average Bonchev–Trinajstić information content (AvgIpc) is 3.26. The molecule has 0 aromatic carbocycles. The lowest BCUT2D eigenvalue weighted by Gasteiger charge is -2.52. The summed E-state index contributed by atoms with van der Waals surface area (Å²) in [5.74, 6) is -1.57. The summed E-state index contributed by atoms with van der Waals surface area (Å²) in [7, 11) is 0. The van der Waals surface area contributed by atoms with E-state index in [1.807, 2.05) is 0 Å². The van der Waals surface area contributed by atoms with Gasteiger partial charge in [-0.25, -0.2) is 0 Å². The predicted octanol–water partition coefficient (Wildman–Crippen LogP) is 3.16. The van der Waals surface area contributed by atoms with E-state index in [2.05, 4.69) is 30.1 Å². The average molecular weight is 349 g/mol. The molecule has 4 rings (SSSR count). The number of nitrogens with one attached hydrogen (secondary N) is 2. The monoisotopic (exact) mass is 349 g/mol. The molecule has 0 amide bonds. The molecule has 26 heavy (non-hydrogen) atoms. The summed E-state index contributed by atoms with van der Waals surface area (Å²) in [5.41, 5.74) is -2.95. The standard InChI is InChI=1S/C19H19N5O2/c1-2-12-5-6-19-14(8-12)18(11-22,16(23)26-19)17(9-20,10-21)15(25-19)13-4-3-7-24-13/h3-4,7,12,14-15,23-24H,2,5-6,8H2,1H3. The van der Waals surface area contributed by atoms with Gasteiger partial charge in [0.05, 0.1) is 24.1 Å². The molecule has 3 heterocycles. The van der Waals surface area contributed by atoms with E-state index in [0.29, 0.717) is 24.5 Å². The molecule has 3 aliphatic rings. The van der Waals surface area contributed by atoms with E-state index in [1.165, 1.54) is 0 Å². The quantitative estimate of drug-likeness (QED) is 0.847. The number of ether oxygens (including phenoxy) is 2. The van der Waals surface area contributed by atoms with Crippen molar-refractivity contribution >= 4 is 5.90 Å². The molecule has 1 aromatic rings. The number of rotatable bonds is 2. The maximum absolute atomic E-state index is 10.2. The Balaban J connectivity index is 1.97. The molecule has 2 aliphatic heterocycles. The van der Waals surface area contributed by atoms with Crippen LogP contribution in [0.15, 0.2) is 18.3 Å². The maximum Gasteiger partial charge on any atom is 0.217 e. The third-order valence-corrected chi connectivity index (χ3v) is 6.50. The normalized spacial score (nSPS) is 39.8. The van der Waals surface area contributed by atoms with E-state index >= 15 is 0 Å². The molecule has 0 radical (unpaired) electrons. The first kappa shape index (κ1) is 16.6. The molecule has 1 aliphatic carbocycles. The smallest absolute Gasteiger partial charge is 0.217 e. The molecule has 5 unspecified atom stereocenters. The van der Waals surface area contributed by atoms with Crippen molar-refractivity contribution in [2.24, 2.45) is 22.7 Å². The molecule has 3 fully saturated rings. The van der Waals surface area contributed by atoms with Gasteiger partial charge in [-0.1, -0.05) is 13.3 Å². The van der Waals surface area contributed by atoms with Crippen LogP contribution in [-0.4, -0.2) is 16.7 Å². The minimum Gasteiger partial charge on any atom is -0.447 e. The van der Waals surface area contributed by atoms with E-state index in [9.17, 15) is 15.8 Å². The van der Waals surface area contributed by atoms with Crippen LogP contribution < -0.4 is 0 Å². The van der Waals surface area contributed by atoms with Gasteiger partial charge in [0.25, 0.3) is 0 Å². The van der Waals surface area contributed by atoms with Gasteiger partial charge in [-0.15, -0.1) is 0 Å². The zero-order chi connectivity index (χ0) is 18.6. The molecule has 2 saturated heterocycles. The van der Waals surface area contributed by atoms with Gasteiger partial charge in [0, 0.05) is 18.3 Å². The van der Waals surface area contributed by atoms with Gasteiger partial charge in [0.15, 0.2) is 5.41 Å². The topological polar surface area (TPSA) is 129 Å². The van der Waals surface area contributed by atoms with Gasteiger partial charge in [-0.05, 0) is 30.9 Å². The highest BCUT2D eigenvalue weighted by Crippen LogP contribution is 2.69. The van der Waals surface area contributed by atoms with Crippen molar-refractivity contribution in [1.82, 2.24) is 4.98 Å². The second kappa shape index (κ2) is 5.34. The third kappa shape index (κ3) is 1.66. The minimum absolute atomic E-state index is 0.307. The molecule has 132 valence electrons. The zero-order valence-corrected chi connectivity index (χ0v) is 14.5. The van der Waals surface area contributed by atoms with E-state index in [4.69, 9.17) is 14.9 Å². The summed E-state index contributed by atoms with van der Waals surface area (Å²) in [6, 6.07) is 9.82. The van der Waals surface area contributed by atoms with E-state index in [-0.39, 0.29) is 5.90 Å². The number of hydrogen-bond acceptors (Lipinski definition) is 6. The second-order valence-electron chi connectivity index (χ2n) is 7.42. The lowest BCUT2D eigenvalue weighted by Crippen LogP contribution is -2.61. The summed E-state index contributed by atoms with van der Waals surface area (Å²) >= 11 is 0. The summed E-state index contributed by atoms with van der Waals surface area (Å²) < 4.78 is 12.2. The molecule has 1 aromatic heterocycles. The van der Waals surface area contributed by atoms with Gasteiger partial charge >= 0.3 is 0 Å². The number of aromatic amines is 1. The second-order valence-corrected chi connectivity index (χ2v) is 7.42. The number of aromatic nitrogens is 1. The van der Waals surface area contributed by atoms with E-state index in [1.54, 1.807) is 18.3 Å². The Morgan fingerprint density at radius 3 is 2.65 bits per heavy atom. The Morgan fingerprint density at radius 2 is 2.08 bits per heavy atom. The first-order valence-electron chi connectivity index (χ1n) is 8.86. The highest BCUT2D eigenvalue weighted by atomic mass is 16.7. The largest absolute Gasteiger partial charge is 0.447 e. The van der Waals surface area contributed by atoms with Crippen LogP contribution in [0.2, 0.25) is 0 Å². The van der Waals surface area contributed by atoms with Gasteiger partial charge < -0.3 is 14.5 Å². The van der Waals surface area contributed by atoms with E-state index in [0.717, 1.165) is 12.8 Å². The highest BCUT2D eigenvalue weighted by Gasteiger charge is 2.81. The number of nitrogens with zero attached hydrogens (tertiary/aromatic N) is 3. The van der Waals surface area contributed by atoms with Crippen LogP contribution >= 0.6 is 0 Å². The molecule has 5 atom stereocenters. The van der Waals surface area contributed by atoms with Crippen LogP contribution in [0.1, 0.15) is 44.4 Å². The SMILES string of the molecule is CCC1CCC23OC(=N)C(C#N)(C2C1)C(C#N)(C#N)C(c1ccc[nH]1)O3. The van der Waals surface area contributed by atoms with Gasteiger partial charge in [0.2, 0.25) is 17.1 Å². The molecular weight excluding hydrogens is 330 g/mol. The lowest BCUT2D eigenvalue weighted by atomic mass is 9.51. The van der Waals surface area contributed by atoms with Crippen LogP contribution in [0, 0.1) is 62.1 Å². The molecule has 2 bridgehead atoms. The van der Waals surface area contributed by atoms with Crippen LogP contribution in [0.3, 0.4) is 0 Å². The fourth-order valence-electron chi connectivity index (χ4n) is 5.07. The molecule has 1 saturated carbocycles. The van der Waals surface area contributed by atoms with Crippen LogP contribution in [0.4, 0.5) is 0 Å². The fourth-order valence-corrected chi connectivity index (χ4v) is 5.07. The Labute approximate surface area is 151 Å². The Hall–Kier alpha value is -2.82. The van der Waals surface area contributed by atoms with Crippen molar-refractivity contribution in [3.8, 4) is 18.2 Å². The van der Waals surface area contributed by atoms with Crippen molar-refractivity contribution < 1.29 is 9.47 Å². The first-order chi connectivity index (χ1) is 12.5. The Bertz CT molecular complexity index is 859. The summed E-state index contributed by atoms with van der Waals surface area (Å²) in [4.78, 5) is 3.00. The molecular formula is C19H19N5O2. The molecule has 7 heteroatoms. The zero-order valence-electron chi connectivity index (χ0n) is 14.5. The van der Waals surface area contributed by atoms with Gasteiger partial charge in [0.1, 0.15) is 6.10 Å². The molecule has 7 nitrogen and oxygen atoms in total. The van der Waals surface area contributed by atoms with Crippen LogP contribution in [-0.2, 0) is 9.47 Å². The first-order valence-corrected chi connectivity index (χ1v) is 8.86. The fraction of sp³-hybridized carbons (Fsp3) is 0.579. The predicted molar refractivity (Wildman–Crippen MR) is 89.0 cm³/mol. The third-order valence-electron chi connectivity index (χ3n) is 6.50. The molecule has 0 spiro atoms. The highest BCUT2D eigenvalue weighted by molar-refractivity contribution is 5.89. The van der Waals surface area contributed by atoms with Gasteiger partial charge in [-0.3, -0.25) is 5.41 Å². The van der Waals surface area contributed by atoms with Crippen molar-refractivity contribution in [1.29, 1.82) is 21.2 Å². The summed E-state index contributed by atoms with van der Waals surface area (Å²) in [5, 5.41) is 38.9. The number of H-pyrrole nitrogens is 1. The summed E-state index contributed by atoms with van der Waals surface area (Å²) in [6.45, 7) is 2.09. The van der Waals surface area contributed by atoms with Crippen LogP contribution in [0.25, 0.3) is 0 Å². The molecule has 2 N–H and O–H groups in total. The van der Waals surface area contributed by atoms with E-state index < -0.39 is 28.6 Å². The van der Waals surface area contributed by atoms with Crippen molar-refractivity contribution in [2.45, 2.75) is 44.5 Å². The lowest BCUT2D eigenvalue weighted by molar-refractivity contribution is -0.299. The van der Waals surface area contributed by atoms with Crippen LogP contribution in [0.5, 0.6) is 0 Å². The van der Waals surface area contributed by atoms with Gasteiger partial charge in [-0.2, -0.15) is 15.8 Å². The maximum atomic E-state index is 10.2. The Kier molecular flexibility index (Phi) is 3.41. The summed E-state index contributed by atoms with van der Waals surface area (Å²) in [6.07, 6.45) is 3.66. The minimum atomic E-state index is -1.86. The van der Waals surface area contributed by atoms with Crippen molar-refractivity contribution in [3.05, 3.63) is 24.0 Å². The van der Waals surface area contributed by atoms with Crippen molar-refractivity contribution in [3.63, 3.8) is 0 Å². The van der Waals surface area contributed by atoms with Crippen molar-refractivity contribution in [2.75, 3.05) is 0 Å². The Morgan fingerprint density at radius 1 is 1.31 bits per heavy atom. The number of nitriles is 3.